The third kappa shape index (κ3) is 8.99. The van der Waals surface area contributed by atoms with Crippen molar-refractivity contribution in [3.8, 4) is 0 Å². The SMILES string of the molecule is O=C(CCCC(=O)N1CCN(CC=Cc2ccccc2)CC1)N1CCN(CC=Cc2ccccc2)CC1. The fourth-order valence-corrected chi connectivity index (χ4v) is 4.87. The molecule has 0 atom stereocenters. The first kappa shape index (κ1) is 26.8. The lowest BCUT2D eigenvalue weighted by atomic mass is 10.1. The average Bonchev–Trinajstić information content (AvgIpc) is 2.95. The molecule has 2 aliphatic heterocycles. The van der Waals surface area contributed by atoms with Crippen LogP contribution in [0.2, 0.25) is 0 Å². The van der Waals surface area contributed by atoms with Crippen LogP contribution in [-0.4, -0.2) is 96.9 Å². The molecule has 2 saturated heterocycles. The largest absolute Gasteiger partial charge is 0.340 e. The van der Waals surface area contributed by atoms with Gasteiger partial charge in [0.05, 0.1) is 0 Å². The van der Waals surface area contributed by atoms with E-state index < -0.39 is 0 Å². The van der Waals surface area contributed by atoms with E-state index in [1.54, 1.807) is 0 Å². The molecule has 6 nitrogen and oxygen atoms in total. The average molecular weight is 501 g/mol. The van der Waals surface area contributed by atoms with Gasteiger partial charge < -0.3 is 9.80 Å². The van der Waals surface area contributed by atoms with Crippen LogP contribution in [0.4, 0.5) is 0 Å². The Hall–Kier alpha value is -3.22. The second-order valence-electron chi connectivity index (χ2n) is 9.84. The maximum atomic E-state index is 12.7. The first-order valence-corrected chi connectivity index (χ1v) is 13.6. The normalized spacial score (nSPS) is 17.6. The molecule has 0 spiro atoms. The van der Waals surface area contributed by atoms with Gasteiger partial charge in [0.2, 0.25) is 11.8 Å². The molecular formula is C31H40N4O2. The molecule has 2 heterocycles. The summed E-state index contributed by atoms with van der Waals surface area (Å²) in [5, 5.41) is 0. The van der Waals surface area contributed by atoms with E-state index in [0.717, 1.165) is 65.4 Å². The summed E-state index contributed by atoms with van der Waals surface area (Å²) >= 11 is 0. The molecule has 0 bridgehead atoms. The lowest BCUT2D eigenvalue weighted by Gasteiger charge is -2.35. The fraction of sp³-hybridized carbons (Fsp3) is 0.419. The van der Waals surface area contributed by atoms with Crippen LogP contribution in [0.3, 0.4) is 0 Å². The summed E-state index contributed by atoms with van der Waals surface area (Å²) in [6.07, 6.45) is 10.2. The summed E-state index contributed by atoms with van der Waals surface area (Å²) in [6, 6.07) is 20.6. The highest BCUT2D eigenvalue weighted by Crippen LogP contribution is 2.11. The Bertz CT molecular complexity index is 938. The van der Waals surface area contributed by atoms with Gasteiger partial charge in [-0.3, -0.25) is 19.4 Å². The van der Waals surface area contributed by atoms with Crippen molar-refractivity contribution in [3.63, 3.8) is 0 Å². The molecule has 0 aliphatic carbocycles. The maximum absolute atomic E-state index is 12.7. The van der Waals surface area contributed by atoms with Gasteiger partial charge in [0.25, 0.3) is 0 Å². The number of hydrogen-bond acceptors (Lipinski definition) is 4. The third-order valence-corrected chi connectivity index (χ3v) is 7.18. The Morgan fingerprint density at radius 1 is 0.568 bits per heavy atom. The number of hydrogen-bond donors (Lipinski definition) is 0. The molecule has 37 heavy (non-hydrogen) atoms. The number of piperazine rings is 2. The Morgan fingerprint density at radius 3 is 1.32 bits per heavy atom. The zero-order valence-electron chi connectivity index (χ0n) is 21.9. The van der Waals surface area contributed by atoms with Gasteiger partial charge in [-0.2, -0.15) is 0 Å². The molecule has 0 saturated carbocycles. The predicted octanol–water partition coefficient (Wildman–Crippen LogP) is 3.87. The highest BCUT2D eigenvalue weighted by molar-refractivity contribution is 5.79. The van der Waals surface area contributed by atoms with Crippen LogP contribution in [0.25, 0.3) is 12.2 Å². The fourth-order valence-electron chi connectivity index (χ4n) is 4.87. The first-order chi connectivity index (χ1) is 18.2. The Balaban J connectivity index is 1.06. The Morgan fingerprint density at radius 2 is 0.946 bits per heavy atom. The van der Waals surface area contributed by atoms with E-state index in [1.165, 1.54) is 11.1 Å². The molecule has 4 rings (SSSR count). The molecular weight excluding hydrogens is 460 g/mol. The summed E-state index contributed by atoms with van der Waals surface area (Å²) < 4.78 is 0. The van der Waals surface area contributed by atoms with Crippen molar-refractivity contribution in [3.05, 3.63) is 83.9 Å². The van der Waals surface area contributed by atoms with E-state index in [4.69, 9.17) is 0 Å². The van der Waals surface area contributed by atoms with Crippen LogP contribution in [0, 0.1) is 0 Å². The second kappa shape index (κ2) is 14.5. The van der Waals surface area contributed by atoms with Crippen LogP contribution in [-0.2, 0) is 9.59 Å². The Labute approximate surface area is 221 Å². The number of nitrogens with zero attached hydrogens (tertiary/aromatic N) is 4. The van der Waals surface area contributed by atoms with Crippen molar-refractivity contribution >= 4 is 24.0 Å². The number of rotatable bonds is 10. The van der Waals surface area contributed by atoms with Crippen LogP contribution in [0.5, 0.6) is 0 Å². The quantitative estimate of drug-likeness (QED) is 0.497. The minimum absolute atomic E-state index is 0.183. The highest BCUT2D eigenvalue weighted by Gasteiger charge is 2.22. The minimum Gasteiger partial charge on any atom is -0.340 e. The maximum Gasteiger partial charge on any atom is 0.222 e. The summed E-state index contributed by atoms with van der Waals surface area (Å²) in [4.78, 5) is 34.0. The zero-order chi connectivity index (χ0) is 25.7. The number of benzene rings is 2. The van der Waals surface area contributed by atoms with Crippen LogP contribution >= 0.6 is 0 Å². The first-order valence-electron chi connectivity index (χ1n) is 13.6. The van der Waals surface area contributed by atoms with E-state index in [9.17, 15) is 9.59 Å². The summed E-state index contributed by atoms with van der Waals surface area (Å²) in [7, 11) is 0. The highest BCUT2D eigenvalue weighted by atomic mass is 16.2. The molecule has 2 aliphatic rings. The molecule has 2 amide bonds. The smallest absolute Gasteiger partial charge is 0.222 e. The number of carbonyl (C=O) groups excluding carboxylic acids is 2. The lowest BCUT2D eigenvalue weighted by molar-refractivity contribution is -0.134. The van der Waals surface area contributed by atoms with E-state index >= 15 is 0 Å². The van der Waals surface area contributed by atoms with Gasteiger partial charge in [0, 0.05) is 78.3 Å². The number of carbonyl (C=O) groups is 2. The van der Waals surface area contributed by atoms with E-state index in [2.05, 4.69) is 58.4 Å². The van der Waals surface area contributed by atoms with Crippen molar-refractivity contribution in [1.29, 1.82) is 0 Å². The summed E-state index contributed by atoms with van der Waals surface area (Å²) in [5.41, 5.74) is 2.42. The minimum atomic E-state index is 0.183. The molecule has 2 aromatic rings. The molecule has 0 N–H and O–H groups in total. The summed E-state index contributed by atoms with van der Waals surface area (Å²) in [6.45, 7) is 8.48. The summed E-state index contributed by atoms with van der Waals surface area (Å²) in [5.74, 6) is 0.365. The molecule has 2 fully saturated rings. The van der Waals surface area contributed by atoms with Crippen molar-refractivity contribution in [2.45, 2.75) is 19.3 Å². The van der Waals surface area contributed by atoms with E-state index in [0.29, 0.717) is 19.3 Å². The van der Waals surface area contributed by atoms with Crippen molar-refractivity contribution in [2.75, 3.05) is 65.4 Å². The topological polar surface area (TPSA) is 47.1 Å². The van der Waals surface area contributed by atoms with Gasteiger partial charge in [0.15, 0.2) is 0 Å². The van der Waals surface area contributed by atoms with Gasteiger partial charge in [-0.15, -0.1) is 0 Å². The van der Waals surface area contributed by atoms with Gasteiger partial charge in [0.1, 0.15) is 0 Å². The van der Waals surface area contributed by atoms with Gasteiger partial charge in [-0.1, -0.05) is 85.0 Å². The number of amides is 2. The molecule has 0 unspecified atom stereocenters. The zero-order valence-corrected chi connectivity index (χ0v) is 21.9. The van der Waals surface area contributed by atoms with Gasteiger partial charge in [-0.05, 0) is 17.5 Å². The van der Waals surface area contributed by atoms with Crippen LogP contribution < -0.4 is 0 Å². The predicted molar refractivity (Wildman–Crippen MR) is 151 cm³/mol. The van der Waals surface area contributed by atoms with E-state index in [1.807, 2.05) is 46.2 Å². The van der Waals surface area contributed by atoms with Crippen molar-refractivity contribution < 1.29 is 9.59 Å². The lowest BCUT2D eigenvalue weighted by Crippen LogP contribution is -2.49. The molecule has 0 radical (unpaired) electrons. The van der Waals surface area contributed by atoms with Crippen LogP contribution in [0.1, 0.15) is 30.4 Å². The monoisotopic (exact) mass is 500 g/mol. The second-order valence-corrected chi connectivity index (χ2v) is 9.84. The van der Waals surface area contributed by atoms with Gasteiger partial charge in [-0.25, -0.2) is 0 Å². The molecule has 2 aromatic carbocycles. The van der Waals surface area contributed by atoms with Crippen LogP contribution in [0.15, 0.2) is 72.8 Å². The Kier molecular flexibility index (Phi) is 10.5. The van der Waals surface area contributed by atoms with Crippen molar-refractivity contribution in [2.24, 2.45) is 0 Å². The van der Waals surface area contributed by atoms with E-state index in [-0.39, 0.29) is 11.8 Å². The third-order valence-electron chi connectivity index (χ3n) is 7.18. The van der Waals surface area contributed by atoms with Gasteiger partial charge >= 0.3 is 0 Å². The molecule has 196 valence electrons. The molecule has 6 heteroatoms. The molecule has 0 aromatic heterocycles. The van der Waals surface area contributed by atoms with Crippen molar-refractivity contribution in [1.82, 2.24) is 19.6 Å². The standard InChI is InChI=1S/C31H40N4O2/c36-30(34-24-20-32(21-25-34)18-8-14-28-10-3-1-4-11-28)16-7-17-31(37)35-26-22-33(23-27-35)19-9-15-29-12-5-2-6-13-29/h1-6,8-15H,7,16-27H2.